The standard InChI is InChI=1S/C26H20N6Se2/c1-5-13-27-19(9-1)23-29-25(21-11-3-7-15-31(21)23)33-17-18-34-26-22-12-4-8-16-32(22)24(30-26)20-10-2-6-14-28-20/h1-16H,17-18H2. The fourth-order valence-electron chi connectivity index (χ4n) is 3.86. The average Bonchev–Trinajstić information content (AvgIpc) is 3.47. The number of rotatable bonds is 7. The molecule has 0 saturated heterocycles. The van der Waals surface area contributed by atoms with Crippen molar-refractivity contribution in [3.63, 3.8) is 0 Å². The van der Waals surface area contributed by atoms with E-state index in [-0.39, 0.29) is 29.9 Å². The van der Waals surface area contributed by atoms with Crippen molar-refractivity contribution in [1.29, 1.82) is 0 Å². The zero-order valence-corrected chi connectivity index (χ0v) is 21.6. The second kappa shape index (κ2) is 9.53. The van der Waals surface area contributed by atoms with Crippen molar-refractivity contribution in [1.82, 2.24) is 28.7 Å². The molecule has 34 heavy (non-hydrogen) atoms. The second-order valence-corrected chi connectivity index (χ2v) is 12.1. The number of hydrogen-bond donors (Lipinski definition) is 0. The fraction of sp³-hybridized carbons (Fsp3) is 0.0769. The van der Waals surface area contributed by atoms with Crippen molar-refractivity contribution in [2.75, 3.05) is 0 Å². The van der Waals surface area contributed by atoms with Gasteiger partial charge in [0.25, 0.3) is 0 Å². The predicted molar refractivity (Wildman–Crippen MR) is 137 cm³/mol. The molecule has 0 amide bonds. The summed E-state index contributed by atoms with van der Waals surface area (Å²) in [6.45, 7) is 0. The zero-order chi connectivity index (χ0) is 22.7. The van der Waals surface area contributed by atoms with Gasteiger partial charge in [-0.2, -0.15) is 0 Å². The third kappa shape index (κ3) is 4.06. The quantitative estimate of drug-likeness (QED) is 0.217. The predicted octanol–water partition coefficient (Wildman–Crippen LogP) is 3.30. The van der Waals surface area contributed by atoms with E-state index in [1.165, 1.54) is 20.2 Å². The molecule has 0 N–H and O–H groups in total. The molecule has 0 aliphatic rings. The van der Waals surface area contributed by atoms with E-state index in [0.29, 0.717) is 0 Å². The van der Waals surface area contributed by atoms with Crippen LogP contribution < -0.4 is 9.18 Å². The molecule has 0 atom stereocenters. The fourth-order valence-corrected chi connectivity index (χ4v) is 8.79. The Balaban J connectivity index is 1.22. The van der Waals surface area contributed by atoms with Gasteiger partial charge in [-0.3, -0.25) is 0 Å². The van der Waals surface area contributed by atoms with Crippen LogP contribution in [-0.2, 0) is 0 Å². The first-order valence-corrected chi connectivity index (χ1v) is 15.0. The number of nitrogens with zero attached hydrogens (tertiary/aromatic N) is 6. The van der Waals surface area contributed by atoms with E-state index in [1.807, 2.05) is 60.9 Å². The number of hydrogen-bond acceptors (Lipinski definition) is 4. The summed E-state index contributed by atoms with van der Waals surface area (Å²) in [6.07, 6.45) is 7.79. The minimum absolute atomic E-state index is 0.279. The van der Waals surface area contributed by atoms with Gasteiger partial charge in [0.2, 0.25) is 0 Å². The Bertz CT molecular complexity index is 1440. The topological polar surface area (TPSA) is 60.4 Å². The Hall–Kier alpha value is -3.28. The van der Waals surface area contributed by atoms with Crippen LogP contribution in [0.1, 0.15) is 0 Å². The molecule has 6 rings (SSSR count). The normalized spacial score (nSPS) is 11.4. The molecule has 166 valence electrons. The summed E-state index contributed by atoms with van der Waals surface area (Å²) in [7, 11) is 0. The van der Waals surface area contributed by atoms with E-state index in [9.17, 15) is 0 Å². The van der Waals surface area contributed by atoms with Crippen LogP contribution in [0.5, 0.6) is 0 Å². The molecule has 6 nitrogen and oxygen atoms in total. The van der Waals surface area contributed by atoms with Crippen LogP contribution in [0.15, 0.2) is 97.6 Å². The molecular weight excluding hydrogens is 554 g/mol. The van der Waals surface area contributed by atoms with E-state index in [4.69, 9.17) is 9.97 Å². The molecule has 6 heterocycles. The number of aromatic nitrogens is 6. The van der Waals surface area contributed by atoms with Crippen LogP contribution in [0.3, 0.4) is 0 Å². The van der Waals surface area contributed by atoms with Crippen LogP contribution >= 0.6 is 0 Å². The van der Waals surface area contributed by atoms with Gasteiger partial charge in [-0.25, -0.2) is 0 Å². The van der Waals surface area contributed by atoms with E-state index < -0.39 is 0 Å². The van der Waals surface area contributed by atoms with Crippen LogP contribution in [0.2, 0.25) is 10.6 Å². The zero-order valence-electron chi connectivity index (χ0n) is 18.2. The third-order valence-corrected chi connectivity index (χ3v) is 10.8. The van der Waals surface area contributed by atoms with E-state index in [1.54, 1.807) is 0 Å². The maximum atomic E-state index is 5.01. The molecule has 6 aromatic rings. The van der Waals surface area contributed by atoms with Crippen molar-refractivity contribution in [2.24, 2.45) is 0 Å². The van der Waals surface area contributed by atoms with Gasteiger partial charge in [0, 0.05) is 0 Å². The SMILES string of the molecule is c1ccc(-c2nc([Se]CC[Se]c3nc(-c4ccccn4)n4ccccc34)c3ccccn23)nc1. The Morgan fingerprint density at radius 3 is 1.47 bits per heavy atom. The van der Waals surface area contributed by atoms with Crippen molar-refractivity contribution in [3.05, 3.63) is 97.6 Å². The molecule has 0 aromatic carbocycles. The van der Waals surface area contributed by atoms with E-state index in [0.717, 1.165) is 33.7 Å². The summed E-state index contributed by atoms with van der Waals surface area (Å²) >= 11 is 0.557. The Morgan fingerprint density at radius 2 is 1.03 bits per heavy atom. The van der Waals surface area contributed by atoms with Gasteiger partial charge < -0.3 is 0 Å². The van der Waals surface area contributed by atoms with Crippen LogP contribution in [-0.4, -0.2) is 58.7 Å². The molecule has 0 unspecified atom stereocenters. The molecule has 0 bridgehead atoms. The summed E-state index contributed by atoms with van der Waals surface area (Å²) < 4.78 is 6.70. The molecule has 0 aliphatic carbocycles. The molecule has 0 aliphatic heterocycles. The Labute approximate surface area is 209 Å². The first kappa shape index (κ1) is 21.3. The van der Waals surface area contributed by atoms with Gasteiger partial charge in [-0.15, -0.1) is 0 Å². The van der Waals surface area contributed by atoms with Crippen molar-refractivity contribution < 1.29 is 0 Å². The van der Waals surface area contributed by atoms with Crippen molar-refractivity contribution in [3.8, 4) is 23.0 Å². The van der Waals surface area contributed by atoms with Crippen LogP contribution in [0.4, 0.5) is 0 Å². The molecule has 6 aromatic heterocycles. The van der Waals surface area contributed by atoms with E-state index >= 15 is 0 Å². The summed E-state index contributed by atoms with van der Waals surface area (Å²) in [5, 5.41) is 2.25. The van der Waals surface area contributed by atoms with Gasteiger partial charge in [-0.1, -0.05) is 0 Å². The monoisotopic (exact) mass is 576 g/mol. The van der Waals surface area contributed by atoms with Crippen LogP contribution in [0.25, 0.3) is 34.1 Å². The molecule has 0 spiro atoms. The molecule has 8 heteroatoms. The average molecular weight is 574 g/mol. The van der Waals surface area contributed by atoms with Crippen molar-refractivity contribution in [2.45, 2.75) is 10.6 Å². The van der Waals surface area contributed by atoms with Gasteiger partial charge >= 0.3 is 210 Å². The summed E-state index contributed by atoms with van der Waals surface area (Å²) in [5.74, 6) is 1.83. The summed E-state index contributed by atoms with van der Waals surface area (Å²) in [4.78, 5) is 19.0. The molecule has 0 radical (unpaired) electrons. The van der Waals surface area contributed by atoms with Gasteiger partial charge in [0.15, 0.2) is 0 Å². The first-order chi connectivity index (χ1) is 16.9. The van der Waals surface area contributed by atoms with Crippen LogP contribution in [0, 0.1) is 0 Å². The van der Waals surface area contributed by atoms with Gasteiger partial charge in [0.1, 0.15) is 0 Å². The summed E-state index contributed by atoms with van der Waals surface area (Å²) in [6, 6.07) is 24.5. The van der Waals surface area contributed by atoms with Gasteiger partial charge in [0.05, 0.1) is 0 Å². The minimum atomic E-state index is 0.279. The van der Waals surface area contributed by atoms with Gasteiger partial charge in [-0.05, 0) is 0 Å². The third-order valence-electron chi connectivity index (χ3n) is 5.38. The molecule has 0 fully saturated rings. The number of imidazole rings is 2. The maximum absolute atomic E-state index is 5.01. The molecule has 0 saturated carbocycles. The summed E-state index contributed by atoms with van der Waals surface area (Å²) in [5.41, 5.74) is 4.17. The van der Waals surface area contributed by atoms with E-state index in [2.05, 4.69) is 55.4 Å². The second-order valence-electron chi connectivity index (χ2n) is 7.52. The Morgan fingerprint density at radius 1 is 0.559 bits per heavy atom. The first-order valence-electron chi connectivity index (χ1n) is 10.9. The van der Waals surface area contributed by atoms with Crippen molar-refractivity contribution >= 4 is 50.1 Å². The molecular formula is C26H20N6Se2. The number of pyridine rings is 4. The Kier molecular flexibility index (Phi) is 5.96. The number of fused-ring (bicyclic) bond motifs is 2.